The maximum Gasteiger partial charge on any atom is 0.410 e. The zero-order chi connectivity index (χ0) is 21.6. The van der Waals surface area contributed by atoms with Crippen LogP contribution in [0.4, 0.5) is 4.79 Å². The number of hydrogen-bond donors (Lipinski definition) is 1. The standard InChI is InChI=1S/C21H29BrN2O5/c1-14(15-7-9-16(22)10-8-15)28-18(25)11-12-23-19(26)17-6-5-13-24(17)20(27)29-21(2,3)4/h7-10,14,17H,5-6,11-13H2,1-4H3,(H,23,26). The minimum absolute atomic E-state index is 0.0613. The summed E-state index contributed by atoms with van der Waals surface area (Å²) in [4.78, 5) is 38.3. The Morgan fingerprint density at radius 2 is 1.90 bits per heavy atom. The van der Waals surface area contributed by atoms with Crippen molar-refractivity contribution in [2.24, 2.45) is 0 Å². The van der Waals surface area contributed by atoms with Crippen LogP contribution in [0.5, 0.6) is 0 Å². The smallest absolute Gasteiger partial charge is 0.410 e. The Balaban J connectivity index is 1.77. The summed E-state index contributed by atoms with van der Waals surface area (Å²) in [5.74, 6) is -0.668. The lowest BCUT2D eigenvalue weighted by Crippen LogP contribution is -2.47. The Kier molecular flexibility index (Phi) is 8.07. The average Bonchev–Trinajstić information content (AvgIpc) is 3.10. The molecule has 0 bridgehead atoms. The van der Waals surface area contributed by atoms with Crippen LogP contribution in [0.1, 0.15) is 58.6 Å². The second kappa shape index (κ2) is 10.1. The SMILES string of the molecule is CC(OC(=O)CCNC(=O)C1CCCN1C(=O)OC(C)(C)C)c1ccc(Br)cc1. The third-order valence-electron chi connectivity index (χ3n) is 4.46. The maximum atomic E-state index is 12.5. The van der Waals surface area contributed by atoms with E-state index >= 15 is 0 Å². The fourth-order valence-electron chi connectivity index (χ4n) is 3.04. The number of likely N-dealkylation sites (tertiary alicyclic amines) is 1. The Bertz CT molecular complexity index is 730. The van der Waals surface area contributed by atoms with Gasteiger partial charge in [0, 0.05) is 17.6 Å². The molecule has 1 aromatic carbocycles. The van der Waals surface area contributed by atoms with E-state index < -0.39 is 23.7 Å². The lowest BCUT2D eigenvalue weighted by atomic mass is 10.1. The molecule has 7 nitrogen and oxygen atoms in total. The second-order valence-corrected chi connectivity index (χ2v) is 8.97. The molecule has 0 radical (unpaired) electrons. The molecule has 1 aromatic rings. The van der Waals surface area contributed by atoms with E-state index in [0.717, 1.165) is 16.5 Å². The number of carbonyl (C=O) groups excluding carboxylic acids is 3. The number of amides is 2. The molecule has 1 saturated heterocycles. The van der Waals surface area contributed by atoms with Gasteiger partial charge in [-0.2, -0.15) is 0 Å². The first kappa shape index (κ1) is 23.2. The van der Waals surface area contributed by atoms with Crippen LogP contribution in [0.3, 0.4) is 0 Å². The van der Waals surface area contributed by atoms with Crippen LogP contribution < -0.4 is 5.32 Å². The summed E-state index contributed by atoms with van der Waals surface area (Å²) < 4.78 is 11.7. The monoisotopic (exact) mass is 468 g/mol. The van der Waals surface area contributed by atoms with Gasteiger partial charge in [0.15, 0.2) is 0 Å². The van der Waals surface area contributed by atoms with Gasteiger partial charge in [-0.25, -0.2) is 4.79 Å². The van der Waals surface area contributed by atoms with Crippen LogP contribution >= 0.6 is 15.9 Å². The van der Waals surface area contributed by atoms with E-state index in [9.17, 15) is 14.4 Å². The van der Waals surface area contributed by atoms with E-state index in [2.05, 4.69) is 21.2 Å². The van der Waals surface area contributed by atoms with Gasteiger partial charge in [0.2, 0.25) is 5.91 Å². The maximum absolute atomic E-state index is 12.5. The molecule has 1 aliphatic rings. The number of rotatable bonds is 6. The summed E-state index contributed by atoms with van der Waals surface area (Å²) in [6, 6.07) is 6.97. The summed E-state index contributed by atoms with van der Waals surface area (Å²) in [7, 11) is 0. The van der Waals surface area contributed by atoms with Gasteiger partial charge in [-0.3, -0.25) is 14.5 Å². The van der Waals surface area contributed by atoms with Crippen molar-refractivity contribution >= 4 is 33.9 Å². The van der Waals surface area contributed by atoms with E-state index in [-0.39, 0.29) is 25.0 Å². The number of nitrogens with zero attached hydrogens (tertiary/aromatic N) is 1. The first-order chi connectivity index (χ1) is 13.6. The van der Waals surface area contributed by atoms with Crippen molar-refractivity contribution in [1.29, 1.82) is 0 Å². The van der Waals surface area contributed by atoms with Gasteiger partial charge in [0.05, 0.1) is 6.42 Å². The van der Waals surface area contributed by atoms with Crippen LogP contribution in [-0.4, -0.2) is 47.6 Å². The Hall–Kier alpha value is -2.09. The topological polar surface area (TPSA) is 84.9 Å². The highest BCUT2D eigenvalue weighted by Crippen LogP contribution is 2.22. The molecule has 0 saturated carbocycles. The fraction of sp³-hybridized carbons (Fsp3) is 0.571. The molecule has 1 aliphatic heterocycles. The van der Waals surface area contributed by atoms with Crippen LogP contribution in [-0.2, 0) is 19.1 Å². The first-order valence-electron chi connectivity index (χ1n) is 9.79. The molecule has 8 heteroatoms. The van der Waals surface area contributed by atoms with Crippen molar-refractivity contribution in [3.05, 3.63) is 34.3 Å². The molecule has 1 heterocycles. The van der Waals surface area contributed by atoms with E-state index in [1.807, 2.05) is 24.3 Å². The minimum Gasteiger partial charge on any atom is -0.458 e. The summed E-state index contributed by atoms with van der Waals surface area (Å²) in [5.41, 5.74) is 0.278. The Morgan fingerprint density at radius 3 is 2.52 bits per heavy atom. The highest BCUT2D eigenvalue weighted by atomic mass is 79.9. The van der Waals surface area contributed by atoms with Crippen molar-refractivity contribution < 1.29 is 23.9 Å². The van der Waals surface area contributed by atoms with Gasteiger partial charge in [-0.05, 0) is 58.2 Å². The lowest BCUT2D eigenvalue weighted by molar-refractivity contribution is -0.148. The molecule has 1 fully saturated rings. The molecule has 2 atom stereocenters. The number of esters is 1. The van der Waals surface area contributed by atoms with Crippen molar-refractivity contribution in [3.8, 4) is 0 Å². The Labute approximate surface area is 180 Å². The van der Waals surface area contributed by atoms with Crippen molar-refractivity contribution in [2.45, 2.75) is 64.7 Å². The molecular formula is C21H29BrN2O5. The average molecular weight is 469 g/mol. The molecular weight excluding hydrogens is 440 g/mol. The van der Waals surface area contributed by atoms with Crippen molar-refractivity contribution in [1.82, 2.24) is 10.2 Å². The van der Waals surface area contributed by atoms with Gasteiger partial charge >= 0.3 is 12.1 Å². The molecule has 160 valence electrons. The summed E-state index contributed by atoms with van der Waals surface area (Å²) in [6.07, 6.45) is 0.521. The number of hydrogen-bond acceptors (Lipinski definition) is 5. The van der Waals surface area contributed by atoms with E-state index in [4.69, 9.17) is 9.47 Å². The summed E-state index contributed by atoms with van der Waals surface area (Å²) >= 11 is 3.37. The molecule has 0 aromatic heterocycles. The zero-order valence-electron chi connectivity index (χ0n) is 17.4. The molecule has 0 aliphatic carbocycles. The molecule has 0 spiro atoms. The predicted molar refractivity (Wildman–Crippen MR) is 112 cm³/mol. The van der Waals surface area contributed by atoms with Gasteiger partial charge in [0.1, 0.15) is 17.7 Å². The third-order valence-corrected chi connectivity index (χ3v) is 4.99. The number of ether oxygens (including phenoxy) is 2. The number of halogens is 1. The Morgan fingerprint density at radius 1 is 1.24 bits per heavy atom. The van der Waals surface area contributed by atoms with E-state index in [1.54, 1.807) is 27.7 Å². The normalized spacial score (nSPS) is 17.6. The van der Waals surface area contributed by atoms with Gasteiger partial charge < -0.3 is 14.8 Å². The highest BCUT2D eigenvalue weighted by Gasteiger charge is 2.36. The molecule has 29 heavy (non-hydrogen) atoms. The highest BCUT2D eigenvalue weighted by molar-refractivity contribution is 9.10. The van der Waals surface area contributed by atoms with Crippen LogP contribution in [0.25, 0.3) is 0 Å². The van der Waals surface area contributed by atoms with E-state index in [1.165, 1.54) is 4.90 Å². The molecule has 2 amide bonds. The quantitative estimate of drug-likeness (QED) is 0.638. The summed E-state index contributed by atoms with van der Waals surface area (Å²) in [5, 5.41) is 2.73. The largest absolute Gasteiger partial charge is 0.458 e. The van der Waals surface area contributed by atoms with Crippen LogP contribution in [0.2, 0.25) is 0 Å². The number of benzene rings is 1. The van der Waals surface area contributed by atoms with Gasteiger partial charge in [0.25, 0.3) is 0 Å². The minimum atomic E-state index is -0.615. The fourth-order valence-corrected chi connectivity index (χ4v) is 3.31. The van der Waals surface area contributed by atoms with Crippen molar-refractivity contribution in [3.63, 3.8) is 0 Å². The zero-order valence-corrected chi connectivity index (χ0v) is 19.0. The summed E-state index contributed by atoms with van der Waals surface area (Å²) in [6.45, 7) is 7.81. The van der Waals surface area contributed by atoms with Gasteiger partial charge in [-0.15, -0.1) is 0 Å². The number of nitrogens with one attached hydrogen (secondary N) is 1. The lowest BCUT2D eigenvalue weighted by Gasteiger charge is -2.28. The van der Waals surface area contributed by atoms with E-state index in [0.29, 0.717) is 13.0 Å². The van der Waals surface area contributed by atoms with Crippen molar-refractivity contribution in [2.75, 3.05) is 13.1 Å². The van der Waals surface area contributed by atoms with Crippen LogP contribution in [0.15, 0.2) is 28.7 Å². The molecule has 2 unspecified atom stereocenters. The van der Waals surface area contributed by atoms with Crippen LogP contribution in [0, 0.1) is 0 Å². The second-order valence-electron chi connectivity index (χ2n) is 8.06. The molecule has 2 rings (SSSR count). The third kappa shape index (κ3) is 7.34. The predicted octanol–water partition coefficient (Wildman–Crippen LogP) is 3.96. The number of carbonyl (C=O) groups is 3. The first-order valence-corrected chi connectivity index (χ1v) is 10.6. The van der Waals surface area contributed by atoms with Gasteiger partial charge in [-0.1, -0.05) is 28.1 Å². The molecule has 1 N–H and O–H groups in total.